The molecule has 0 saturated carbocycles. The summed E-state index contributed by atoms with van der Waals surface area (Å²) in [5.74, 6) is 0.0565. The number of carbonyl (C=O) groups excluding carboxylic acids is 1. The van der Waals surface area contributed by atoms with E-state index >= 15 is 0 Å². The third-order valence-electron chi connectivity index (χ3n) is 2.11. The first-order chi connectivity index (χ1) is 8.22. The van der Waals surface area contributed by atoms with Crippen LogP contribution in [-0.2, 0) is 16.1 Å². The molecule has 0 aromatic carbocycles. The molecule has 1 aromatic rings. The molecular weight excluding hydrogens is 304 g/mol. The highest BCUT2D eigenvalue weighted by Gasteiger charge is 2.00. The highest BCUT2D eigenvalue weighted by atomic mass is 79.9. The fourth-order valence-corrected chi connectivity index (χ4v) is 2.46. The average molecular weight is 321 g/mol. The number of carbonyl (C=O) groups is 1. The van der Waals surface area contributed by atoms with Gasteiger partial charge in [-0.15, -0.1) is 11.3 Å². The Balaban J connectivity index is 2.02. The number of rotatable bonds is 8. The summed E-state index contributed by atoms with van der Waals surface area (Å²) in [4.78, 5) is 11.3. The largest absolute Gasteiger partial charge is 0.383 e. The van der Waals surface area contributed by atoms with E-state index in [1.165, 1.54) is 5.56 Å². The van der Waals surface area contributed by atoms with Crippen LogP contribution in [0.4, 0.5) is 0 Å². The molecule has 2 N–H and O–H groups in total. The van der Waals surface area contributed by atoms with Gasteiger partial charge in [0.1, 0.15) is 0 Å². The minimum absolute atomic E-state index is 0.0565. The van der Waals surface area contributed by atoms with Crippen LogP contribution in [0.15, 0.2) is 15.2 Å². The number of thiophene rings is 1. The molecule has 1 amide bonds. The molecule has 0 spiro atoms. The Morgan fingerprint density at radius 1 is 1.53 bits per heavy atom. The van der Waals surface area contributed by atoms with E-state index in [0.717, 1.165) is 10.3 Å². The van der Waals surface area contributed by atoms with Gasteiger partial charge in [0.25, 0.3) is 0 Å². The van der Waals surface area contributed by atoms with Gasteiger partial charge in [-0.3, -0.25) is 4.79 Å². The van der Waals surface area contributed by atoms with Crippen LogP contribution >= 0.6 is 27.3 Å². The molecule has 17 heavy (non-hydrogen) atoms. The Labute approximate surface area is 114 Å². The van der Waals surface area contributed by atoms with E-state index in [0.29, 0.717) is 26.1 Å². The van der Waals surface area contributed by atoms with Gasteiger partial charge < -0.3 is 15.4 Å². The van der Waals surface area contributed by atoms with Crippen LogP contribution in [0.5, 0.6) is 0 Å². The van der Waals surface area contributed by atoms with E-state index < -0.39 is 0 Å². The molecule has 1 aromatic heterocycles. The monoisotopic (exact) mass is 320 g/mol. The van der Waals surface area contributed by atoms with Gasteiger partial charge in [-0.2, -0.15) is 0 Å². The third-order valence-corrected chi connectivity index (χ3v) is 3.66. The minimum atomic E-state index is 0.0565. The lowest BCUT2D eigenvalue weighted by Crippen LogP contribution is -2.29. The van der Waals surface area contributed by atoms with Crippen molar-refractivity contribution in [1.29, 1.82) is 0 Å². The molecule has 0 bridgehead atoms. The van der Waals surface area contributed by atoms with E-state index in [1.54, 1.807) is 18.4 Å². The highest BCUT2D eigenvalue weighted by molar-refractivity contribution is 9.11. The van der Waals surface area contributed by atoms with E-state index in [1.807, 2.05) is 0 Å². The summed E-state index contributed by atoms with van der Waals surface area (Å²) in [5, 5.41) is 8.10. The molecule has 0 atom stereocenters. The van der Waals surface area contributed by atoms with Gasteiger partial charge in [0.05, 0.1) is 10.4 Å². The molecule has 0 aliphatic carbocycles. The van der Waals surface area contributed by atoms with Crippen molar-refractivity contribution >= 4 is 33.2 Å². The van der Waals surface area contributed by atoms with Crippen LogP contribution in [0.3, 0.4) is 0 Å². The predicted molar refractivity (Wildman–Crippen MR) is 73.2 cm³/mol. The van der Waals surface area contributed by atoms with Crippen molar-refractivity contribution in [1.82, 2.24) is 10.6 Å². The maximum Gasteiger partial charge on any atom is 0.221 e. The van der Waals surface area contributed by atoms with Gasteiger partial charge >= 0.3 is 0 Å². The van der Waals surface area contributed by atoms with Crippen molar-refractivity contribution in [2.75, 3.05) is 26.8 Å². The SMILES string of the molecule is COCCNC(=O)CCNCc1csc(Br)c1. The van der Waals surface area contributed by atoms with Gasteiger partial charge in [0, 0.05) is 33.2 Å². The van der Waals surface area contributed by atoms with Crippen molar-refractivity contribution < 1.29 is 9.53 Å². The normalized spacial score (nSPS) is 10.5. The number of nitrogens with one attached hydrogen (secondary N) is 2. The lowest BCUT2D eigenvalue weighted by molar-refractivity contribution is -0.121. The second kappa shape index (κ2) is 8.63. The molecule has 96 valence electrons. The fraction of sp³-hybridized carbons (Fsp3) is 0.545. The molecule has 1 rings (SSSR count). The Kier molecular flexibility index (Phi) is 7.43. The van der Waals surface area contributed by atoms with Gasteiger partial charge in [0.15, 0.2) is 0 Å². The Hall–Kier alpha value is -0.430. The summed E-state index contributed by atoms with van der Waals surface area (Å²) in [5.41, 5.74) is 1.24. The first kappa shape index (κ1) is 14.6. The smallest absolute Gasteiger partial charge is 0.221 e. The molecule has 0 saturated heterocycles. The third kappa shape index (κ3) is 6.78. The summed E-state index contributed by atoms with van der Waals surface area (Å²) in [6.07, 6.45) is 0.495. The topological polar surface area (TPSA) is 50.4 Å². The second-order valence-corrected chi connectivity index (χ2v) is 5.82. The summed E-state index contributed by atoms with van der Waals surface area (Å²) in [6.45, 7) is 2.62. The maximum atomic E-state index is 11.3. The van der Waals surface area contributed by atoms with E-state index in [4.69, 9.17) is 4.74 Å². The van der Waals surface area contributed by atoms with E-state index in [2.05, 4.69) is 38.0 Å². The van der Waals surface area contributed by atoms with Gasteiger partial charge in [-0.1, -0.05) is 0 Å². The van der Waals surface area contributed by atoms with Crippen LogP contribution in [0.2, 0.25) is 0 Å². The second-order valence-electron chi connectivity index (χ2n) is 3.53. The lowest BCUT2D eigenvalue weighted by atomic mass is 10.3. The first-order valence-corrected chi connectivity index (χ1v) is 7.09. The number of ether oxygens (including phenoxy) is 1. The van der Waals surface area contributed by atoms with E-state index in [-0.39, 0.29) is 5.91 Å². The molecule has 6 heteroatoms. The van der Waals surface area contributed by atoms with Crippen molar-refractivity contribution in [3.8, 4) is 0 Å². The van der Waals surface area contributed by atoms with Crippen molar-refractivity contribution in [2.45, 2.75) is 13.0 Å². The van der Waals surface area contributed by atoms with Crippen LogP contribution in [0, 0.1) is 0 Å². The molecular formula is C11H17BrN2O2S. The number of hydrogen-bond donors (Lipinski definition) is 2. The Morgan fingerprint density at radius 3 is 3.00 bits per heavy atom. The van der Waals surface area contributed by atoms with Crippen LogP contribution in [0.1, 0.15) is 12.0 Å². The number of halogens is 1. The molecule has 0 aliphatic rings. The quantitative estimate of drug-likeness (QED) is 0.717. The molecule has 0 radical (unpaired) electrons. The molecule has 0 unspecified atom stereocenters. The van der Waals surface area contributed by atoms with Crippen LogP contribution < -0.4 is 10.6 Å². The van der Waals surface area contributed by atoms with Gasteiger partial charge in [-0.25, -0.2) is 0 Å². The molecule has 1 heterocycles. The minimum Gasteiger partial charge on any atom is -0.383 e. The summed E-state index contributed by atoms with van der Waals surface area (Å²) in [7, 11) is 1.62. The summed E-state index contributed by atoms with van der Waals surface area (Å²) in [6, 6.07) is 2.08. The number of methoxy groups -OCH3 is 1. The first-order valence-electron chi connectivity index (χ1n) is 5.41. The lowest BCUT2D eigenvalue weighted by Gasteiger charge is -2.05. The molecule has 4 nitrogen and oxygen atoms in total. The van der Waals surface area contributed by atoms with Crippen LogP contribution in [0.25, 0.3) is 0 Å². The zero-order chi connectivity index (χ0) is 12.5. The average Bonchev–Trinajstić information content (AvgIpc) is 2.71. The zero-order valence-corrected chi connectivity index (χ0v) is 12.2. The summed E-state index contributed by atoms with van der Waals surface area (Å²) >= 11 is 5.08. The van der Waals surface area contributed by atoms with E-state index in [9.17, 15) is 4.79 Å². The maximum absolute atomic E-state index is 11.3. The standard InChI is InChI=1S/C11H17BrN2O2S/c1-16-5-4-14-11(15)2-3-13-7-9-6-10(12)17-8-9/h6,8,13H,2-5,7H2,1H3,(H,14,15). The zero-order valence-electron chi connectivity index (χ0n) is 9.79. The van der Waals surface area contributed by atoms with Crippen molar-refractivity contribution in [3.05, 3.63) is 20.8 Å². The van der Waals surface area contributed by atoms with Gasteiger partial charge in [0.2, 0.25) is 5.91 Å². The summed E-state index contributed by atoms with van der Waals surface area (Å²) < 4.78 is 5.98. The Bertz CT molecular complexity index is 344. The van der Waals surface area contributed by atoms with Crippen molar-refractivity contribution in [2.24, 2.45) is 0 Å². The number of hydrogen-bond acceptors (Lipinski definition) is 4. The predicted octanol–water partition coefficient (Wildman–Crippen LogP) is 1.75. The fourth-order valence-electron chi connectivity index (χ4n) is 1.25. The molecule has 0 aliphatic heterocycles. The molecule has 0 fully saturated rings. The Morgan fingerprint density at radius 2 is 2.35 bits per heavy atom. The number of amides is 1. The van der Waals surface area contributed by atoms with Gasteiger partial charge in [-0.05, 0) is 32.9 Å². The van der Waals surface area contributed by atoms with Crippen LogP contribution in [-0.4, -0.2) is 32.7 Å². The highest BCUT2D eigenvalue weighted by Crippen LogP contribution is 2.20. The van der Waals surface area contributed by atoms with Crippen molar-refractivity contribution in [3.63, 3.8) is 0 Å².